The lowest BCUT2D eigenvalue weighted by atomic mass is 10.1. The Morgan fingerprint density at radius 3 is 2.82 bits per heavy atom. The lowest BCUT2D eigenvalue weighted by Crippen LogP contribution is -2.26. The average Bonchev–Trinajstić information content (AvgIpc) is 3.06. The number of carbonyl (C=O) groups excluding carboxylic acids is 1. The molecule has 0 atom stereocenters. The van der Waals surface area contributed by atoms with Gasteiger partial charge < -0.3 is 10.1 Å². The molecule has 1 aliphatic carbocycles. The van der Waals surface area contributed by atoms with E-state index in [9.17, 15) is 4.79 Å². The highest BCUT2D eigenvalue weighted by atomic mass is 79.9. The van der Waals surface area contributed by atoms with Gasteiger partial charge in [0.15, 0.2) is 0 Å². The van der Waals surface area contributed by atoms with E-state index in [1.54, 1.807) is 0 Å². The van der Waals surface area contributed by atoms with E-state index in [0.717, 1.165) is 28.6 Å². The molecule has 17 heavy (non-hydrogen) atoms. The van der Waals surface area contributed by atoms with E-state index in [1.807, 2.05) is 26.0 Å². The van der Waals surface area contributed by atoms with Crippen LogP contribution in [-0.2, 0) is 0 Å². The van der Waals surface area contributed by atoms with Gasteiger partial charge in [0.05, 0.1) is 12.2 Å². The molecule has 1 saturated carbocycles. The molecule has 3 nitrogen and oxygen atoms in total. The van der Waals surface area contributed by atoms with Gasteiger partial charge >= 0.3 is 0 Å². The maximum Gasteiger partial charge on any atom is 0.253 e. The van der Waals surface area contributed by atoms with E-state index in [-0.39, 0.29) is 5.91 Å². The Morgan fingerprint density at radius 2 is 2.24 bits per heavy atom. The van der Waals surface area contributed by atoms with Gasteiger partial charge in [-0.1, -0.05) is 0 Å². The van der Waals surface area contributed by atoms with E-state index >= 15 is 0 Å². The average molecular weight is 298 g/mol. The zero-order valence-electron chi connectivity index (χ0n) is 10.0. The Kier molecular flexibility index (Phi) is 3.72. The maximum absolute atomic E-state index is 12.1. The summed E-state index contributed by atoms with van der Waals surface area (Å²) in [5.41, 5.74) is 1.57. The summed E-state index contributed by atoms with van der Waals surface area (Å²) in [4.78, 5) is 12.1. The minimum absolute atomic E-state index is 0.0153. The van der Waals surface area contributed by atoms with Gasteiger partial charge in [0.2, 0.25) is 0 Å². The van der Waals surface area contributed by atoms with Crippen molar-refractivity contribution in [3.8, 4) is 5.75 Å². The topological polar surface area (TPSA) is 38.3 Å². The van der Waals surface area contributed by atoms with E-state index in [0.29, 0.717) is 18.2 Å². The number of carbonyl (C=O) groups is 1. The molecule has 0 unspecified atom stereocenters. The smallest absolute Gasteiger partial charge is 0.253 e. The molecule has 0 bridgehead atoms. The highest BCUT2D eigenvalue weighted by molar-refractivity contribution is 9.10. The van der Waals surface area contributed by atoms with Crippen LogP contribution in [0.15, 0.2) is 16.6 Å². The number of rotatable bonds is 4. The molecule has 1 N–H and O–H groups in total. The Morgan fingerprint density at radius 1 is 1.53 bits per heavy atom. The van der Waals surface area contributed by atoms with Gasteiger partial charge in [-0.05, 0) is 54.8 Å². The fourth-order valence-electron chi connectivity index (χ4n) is 1.74. The van der Waals surface area contributed by atoms with Gasteiger partial charge in [-0.2, -0.15) is 0 Å². The van der Waals surface area contributed by atoms with Crippen LogP contribution in [0.3, 0.4) is 0 Å². The molecule has 0 spiro atoms. The lowest BCUT2D eigenvalue weighted by Gasteiger charge is -2.13. The molecule has 0 heterocycles. The fourth-order valence-corrected chi connectivity index (χ4v) is 2.34. The molecule has 92 valence electrons. The van der Waals surface area contributed by atoms with Gasteiger partial charge in [-0.3, -0.25) is 4.79 Å². The second kappa shape index (κ2) is 5.08. The maximum atomic E-state index is 12.1. The first-order chi connectivity index (χ1) is 8.13. The van der Waals surface area contributed by atoms with Gasteiger partial charge in [0.1, 0.15) is 5.75 Å². The van der Waals surface area contributed by atoms with Crippen molar-refractivity contribution in [1.82, 2.24) is 5.32 Å². The zero-order chi connectivity index (χ0) is 12.4. The summed E-state index contributed by atoms with van der Waals surface area (Å²) >= 11 is 3.43. The van der Waals surface area contributed by atoms with E-state index in [2.05, 4.69) is 21.2 Å². The van der Waals surface area contributed by atoms with Gasteiger partial charge in [-0.15, -0.1) is 0 Å². The molecule has 2 rings (SSSR count). The monoisotopic (exact) mass is 297 g/mol. The van der Waals surface area contributed by atoms with Gasteiger partial charge in [0.25, 0.3) is 5.91 Å². The molecule has 4 heteroatoms. The molecule has 0 aliphatic heterocycles. The third kappa shape index (κ3) is 2.80. The molecule has 0 saturated heterocycles. The lowest BCUT2D eigenvalue weighted by molar-refractivity contribution is 0.0949. The quantitative estimate of drug-likeness (QED) is 0.928. The second-order valence-electron chi connectivity index (χ2n) is 4.23. The van der Waals surface area contributed by atoms with Crippen LogP contribution >= 0.6 is 15.9 Å². The second-order valence-corrected chi connectivity index (χ2v) is 5.08. The largest absolute Gasteiger partial charge is 0.494 e. The van der Waals surface area contributed by atoms with E-state index < -0.39 is 0 Å². The third-order valence-electron chi connectivity index (χ3n) is 2.80. The minimum atomic E-state index is -0.0153. The van der Waals surface area contributed by atoms with Crippen LogP contribution in [0.1, 0.15) is 35.7 Å². The van der Waals surface area contributed by atoms with Crippen molar-refractivity contribution in [2.45, 2.75) is 32.7 Å². The highest BCUT2D eigenvalue weighted by Gasteiger charge is 2.26. The number of nitrogens with one attached hydrogen (secondary N) is 1. The van der Waals surface area contributed by atoms with Crippen molar-refractivity contribution in [1.29, 1.82) is 0 Å². The normalized spacial score (nSPS) is 14.5. The molecule has 0 aromatic heterocycles. The van der Waals surface area contributed by atoms with Crippen LogP contribution in [-0.4, -0.2) is 18.6 Å². The Bertz CT molecular complexity index is 441. The molecule has 1 aromatic rings. The highest BCUT2D eigenvalue weighted by Crippen LogP contribution is 2.29. The number of halogens is 1. The number of hydrogen-bond acceptors (Lipinski definition) is 2. The van der Waals surface area contributed by atoms with Crippen molar-refractivity contribution in [2.24, 2.45) is 0 Å². The fraction of sp³-hybridized carbons (Fsp3) is 0.462. The SMILES string of the molecule is CCOc1ccc(Br)c(C(=O)NC2CC2)c1C. The first-order valence-corrected chi connectivity index (χ1v) is 6.65. The van der Waals surface area contributed by atoms with Crippen LogP contribution in [0.4, 0.5) is 0 Å². The van der Waals surface area contributed by atoms with Crippen molar-refractivity contribution >= 4 is 21.8 Å². The first-order valence-electron chi connectivity index (χ1n) is 5.86. The summed E-state index contributed by atoms with van der Waals surface area (Å²) in [5, 5.41) is 3.00. The summed E-state index contributed by atoms with van der Waals surface area (Å²) < 4.78 is 6.32. The van der Waals surface area contributed by atoms with Crippen molar-refractivity contribution in [3.05, 3.63) is 27.7 Å². The minimum Gasteiger partial charge on any atom is -0.494 e. The van der Waals surface area contributed by atoms with Crippen LogP contribution < -0.4 is 10.1 Å². The van der Waals surface area contributed by atoms with Crippen LogP contribution in [0, 0.1) is 6.92 Å². The number of ether oxygens (including phenoxy) is 1. The Hall–Kier alpha value is -1.03. The number of benzene rings is 1. The van der Waals surface area contributed by atoms with Crippen molar-refractivity contribution < 1.29 is 9.53 Å². The predicted octanol–water partition coefficient (Wildman–Crippen LogP) is 3.05. The number of amides is 1. The standard InChI is InChI=1S/C13H16BrNO2/c1-3-17-11-7-6-10(14)12(8(11)2)13(16)15-9-4-5-9/h6-7,9H,3-5H2,1-2H3,(H,15,16). The predicted molar refractivity (Wildman–Crippen MR) is 70.5 cm³/mol. The van der Waals surface area contributed by atoms with Crippen molar-refractivity contribution in [3.63, 3.8) is 0 Å². The molecular formula is C13H16BrNO2. The summed E-state index contributed by atoms with van der Waals surface area (Å²) in [5.74, 6) is 0.759. The molecule has 1 aromatic carbocycles. The Balaban J connectivity index is 2.29. The molecule has 1 aliphatic rings. The summed E-state index contributed by atoms with van der Waals surface area (Å²) in [6, 6.07) is 4.11. The summed E-state index contributed by atoms with van der Waals surface area (Å²) in [7, 11) is 0. The molecule has 1 amide bonds. The van der Waals surface area contributed by atoms with Crippen LogP contribution in [0.25, 0.3) is 0 Å². The van der Waals surface area contributed by atoms with E-state index in [1.165, 1.54) is 0 Å². The van der Waals surface area contributed by atoms with Gasteiger partial charge in [0, 0.05) is 16.1 Å². The van der Waals surface area contributed by atoms with Gasteiger partial charge in [-0.25, -0.2) is 0 Å². The molecular weight excluding hydrogens is 282 g/mol. The van der Waals surface area contributed by atoms with Crippen LogP contribution in [0.5, 0.6) is 5.75 Å². The molecule has 0 radical (unpaired) electrons. The van der Waals surface area contributed by atoms with Crippen molar-refractivity contribution in [2.75, 3.05) is 6.61 Å². The first kappa shape index (κ1) is 12.4. The molecule has 1 fully saturated rings. The van der Waals surface area contributed by atoms with Crippen LogP contribution in [0.2, 0.25) is 0 Å². The Labute approximate surface area is 110 Å². The summed E-state index contributed by atoms with van der Waals surface area (Å²) in [6.45, 7) is 4.45. The number of hydrogen-bond donors (Lipinski definition) is 1. The third-order valence-corrected chi connectivity index (χ3v) is 3.46. The summed E-state index contributed by atoms with van der Waals surface area (Å²) in [6.07, 6.45) is 2.18. The van der Waals surface area contributed by atoms with E-state index in [4.69, 9.17) is 4.74 Å². The zero-order valence-corrected chi connectivity index (χ0v) is 11.6.